The summed E-state index contributed by atoms with van der Waals surface area (Å²) < 4.78 is 6.12. The predicted molar refractivity (Wildman–Crippen MR) is 104 cm³/mol. The Bertz CT molecular complexity index is 613. The van der Waals surface area contributed by atoms with Crippen LogP contribution < -0.4 is 15.0 Å². The molecule has 0 fully saturated rings. The minimum absolute atomic E-state index is 0.104. The molecule has 24 heavy (non-hydrogen) atoms. The average Bonchev–Trinajstić information content (AvgIpc) is 2.59. The Hall–Kier alpha value is -2.16. The topological polar surface area (TPSA) is 24.5 Å². The molecule has 0 spiro atoms. The molecular formula is C21H30N2O. The van der Waals surface area contributed by atoms with Crippen molar-refractivity contribution in [2.45, 2.75) is 40.7 Å². The zero-order chi connectivity index (χ0) is 17.5. The molecule has 0 amide bonds. The standard InChI is InChI=1S/C21H30N2O/c1-6-23(7-2)20-13-11-19(12-14-20)22-15-18(5)24-21-16(3)9-8-10-17(21)4/h8-14,18,22H,6-7,15H2,1-5H3. The van der Waals surface area contributed by atoms with Gasteiger partial charge in [0.1, 0.15) is 11.9 Å². The number of aryl methyl sites for hydroxylation is 2. The van der Waals surface area contributed by atoms with Gasteiger partial charge in [0.2, 0.25) is 0 Å². The first-order valence-electron chi connectivity index (χ1n) is 8.86. The minimum atomic E-state index is 0.104. The van der Waals surface area contributed by atoms with E-state index in [1.165, 1.54) is 16.8 Å². The lowest BCUT2D eigenvalue weighted by molar-refractivity contribution is 0.231. The van der Waals surface area contributed by atoms with Crippen LogP contribution in [0.4, 0.5) is 11.4 Å². The summed E-state index contributed by atoms with van der Waals surface area (Å²) in [5, 5.41) is 3.46. The first-order valence-corrected chi connectivity index (χ1v) is 8.86. The van der Waals surface area contributed by atoms with Crippen molar-refractivity contribution >= 4 is 11.4 Å². The molecule has 0 saturated carbocycles. The third kappa shape index (κ3) is 4.67. The molecule has 1 atom stereocenters. The van der Waals surface area contributed by atoms with Crippen LogP contribution in [0.2, 0.25) is 0 Å². The summed E-state index contributed by atoms with van der Waals surface area (Å²) >= 11 is 0. The number of anilines is 2. The number of ether oxygens (including phenoxy) is 1. The van der Waals surface area contributed by atoms with Gasteiger partial charge in [-0.3, -0.25) is 0 Å². The SMILES string of the molecule is CCN(CC)c1ccc(NCC(C)Oc2c(C)cccc2C)cc1. The number of nitrogens with one attached hydrogen (secondary N) is 1. The molecule has 2 aromatic rings. The van der Waals surface area contributed by atoms with Crippen molar-refractivity contribution in [3.8, 4) is 5.75 Å². The largest absolute Gasteiger partial charge is 0.488 e. The second kappa shape index (κ2) is 8.62. The number of benzene rings is 2. The van der Waals surface area contributed by atoms with Crippen LogP contribution in [0.3, 0.4) is 0 Å². The number of hydrogen-bond donors (Lipinski definition) is 1. The van der Waals surface area contributed by atoms with E-state index < -0.39 is 0 Å². The maximum atomic E-state index is 6.12. The Morgan fingerprint density at radius 1 is 0.958 bits per heavy atom. The Balaban J connectivity index is 1.91. The third-order valence-electron chi connectivity index (χ3n) is 4.32. The normalized spacial score (nSPS) is 11.9. The van der Waals surface area contributed by atoms with Crippen LogP contribution in [-0.4, -0.2) is 25.7 Å². The van der Waals surface area contributed by atoms with Gasteiger partial charge < -0.3 is 15.0 Å². The molecule has 2 rings (SSSR count). The molecular weight excluding hydrogens is 296 g/mol. The smallest absolute Gasteiger partial charge is 0.125 e. The van der Waals surface area contributed by atoms with Crippen molar-refractivity contribution < 1.29 is 4.74 Å². The fourth-order valence-electron chi connectivity index (χ4n) is 2.87. The Labute approximate surface area is 146 Å². The molecule has 2 aromatic carbocycles. The molecule has 0 aliphatic heterocycles. The second-order valence-electron chi connectivity index (χ2n) is 6.25. The van der Waals surface area contributed by atoms with Crippen LogP contribution in [0.5, 0.6) is 5.75 Å². The molecule has 0 radical (unpaired) electrons. The predicted octanol–water partition coefficient (Wildman–Crippen LogP) is 5.03. The maximum absolute atomic E-state index is 6.12. The minimum Gasteiger partial charge on any atom is -0.488 e. The highest BCUT2D eigenvalue weighted by Crippen LogP contribution is 2.24. The van der Waals surface area contributed by atoms with Gasteiger partial charge in [-0.05, 0) is 70.0 Å². The van der Waals surface area contributed by atoms with E-state index in [9.17, 15) is 0 Å². The summed E-state index contributed by atoms with van der Waals surface area (Å²) in [5.41, 5.74) is 4.77. The number of nitrogens with zero attached hydrogens (tertiary/aromatic N) is 1. The van der Waals surface area contributed by atoms with Gasteiger partial charge >= 0.3 is 0 Å². The molecule has 130 valence electrons. The van der Waals surface area contributed by atoms with Gasteiger partial charge in [0.15, 0.2) is 0 Å². The zero-order valence-corrected chi connectivity index (χ0v) is 15.6. The highest BCUT2D eigenvalue weighted by Gasteiger charge is 2.09. The van der Waals surface area contributed by atoms with Gasteiger partial charge in [-0.1, -0.05) is 18.2 Å². The zero-order valence-electron chi connectivity index (χ0n) is 15.6. The lowest BCUT2D eigenvalue weighted by Gasteiger charge is -2.22. The monoisotopic (exact) mass is 326 g/mol. The van der Waals surface area contributed by atoms with Crippen LogP contribution in [0, 0.1) is 13.8 Å². The second-order valence-corrected chi connectivity index (χ2v) is 6.25. The van der Waals surface area contributed by atoms with E-state index in [1.807, 2.05) is 0 Å². The van der Waals surface area contributed by atoms with Crippen LogP contribution >= 0.6 is 0 Å². The summed E-state index contributed by atoms with van der Waals surface area (Å²) in [6, 6.07) is 14.9. The molecule has 0 aliphatic rings. The highest BCUT2D eigenvalue weighted by molar-refractivity contribution is 5.55. The van der Waals surface area contributed by atoms with Gasteiger partial charge in [0, 0.05) is 24.5 Å². The third-order valence-corrected chi connectivity index (χ3v) is 4.32. The quantitative estimate of drug-likeness (QED) is 0.736. The summed E-state index contributed by atoms with van der Waals surface area (Å²) in [6.45, 7) is 13.5. The highest BCUT2D eigenvalue weighted by atomic mass is 16.5. The van der Waals surface area contributed by atoms with Crippen LogP contribution in [-0.2, 0) is 0 Å². The molecule has 0 saturated heterocycles. The lowest BCUT2D eigenvalue weighted by Crippen LogP contribution is -2.23. The summed E-state index contributed by atoms with van der Waals surface area (Å²) in [6.07, 6.45) is 0.104. The Morgan fingerprint density at radius 3 is 2.08 bits per heavy atom. The first-order chi connectivity index (χ1) is 11.5. The average molecular weight is 326 g/mol. The van der Waals surface area contributed by atoms with Gasteiger partial charge in [0.05, 0.1) is 6.54 Å². The van der Waals surface area contributed by atoms with Crippen LogP contribution in [0.1, 0.15) is 31.9 Å². The van der Waals surface area contributed by atoms with E-state index in [4.69, 9.17) is 4.74 Å². The van der Waals surface area contributed by atoms with E-state index in [0.29, 0.717) is 0 Å². The number of rotatable bonds is 8. The number of hydrogen-bond acceptors (Lipinski definition) is 3. The summed E-state index contributed by atoms with van der Waals surface area (Å²) in [5.74, 6) is 1.00. The van der Waals surface area contributed by atoms with Crippen LogP contribution in [0.25, 0.3) is 0 Å². The Morgan fingerprint density at radius 2 is 1.54 bits per heavy atom. The van der Waals surface area contributed by atoms with E-state index in [1.54, 1.807) is 0 Å². The van der Waals surface area contributed by atoms with Crippen molar-refractivity contribution in [2.24, 2.45) is 0 Å². The molecule has 0 aromatic heterocycles. The first kappa shape index (κ1) is 18.2. The molecule has 0 bridgehead atoms. The van der Waals surface area contributed by atoms with E-state index >= 15 is 0 Å². The molecule has 3 nitrogen and oxygen atoms in total. The summed E-state index contributed by atoms with van der Waals surface area (Å²) in [7, 11) is 0. The fraction of sp³-hybridized carbons (Fsp3) is 0.429. The van der Waals surface area contributed by atoms with Crippen molar-refractivity contribution in [3.63, 3.8) is 0 Å². The van der Waals surface area contributed by atoms with Gasteiger partial charge in [-0.15, -0.1) is 0 Å². The van der Waals surface area contributed by atoms with Crippen LogP contribution in [0.15, 0.2) is 42.5 Å². The fourth-order valence-corrected chi connectivity index (χ4v) is 2.87. The van der Waals surface area contributed by atoms with E-state index in [0.717, 1.165) is 31.1 Å². The lowest BCUT2D eigenvalue weighted by atomic mass is 10.1. The van der Waals surface area contributed by atoms with Gasteiger partial charge in [0.25, 0.3) is 0 Å². The molecule has 1 unspecified atom stereocenters. The Kier molecular flexibility index (Phi) is 6.53. The van der Waals surface area contributed by atoms with Crippen molar-refractivity contribution in [2.75, 3.05) is 29.9 Å². The van der Waals surface area contributed by atoms with Crippen molar-refractivity contribution in [1.29, 1.82) is 0 Å². The molecule has 0 heterocycles. The summed E-state index contributed by atoms with van der Waals surface area (Å²) in [4.78, 5) is 2.34. The van der Waals surface area contributed by atoms with Gasteiger partial charge in [-0.25, -0.2) is 0 Å². The maximum Gasteiger partial charge on any atom is 0.125 e. The van der Waals surface area contributed by atoms with E-state index in [-0.39, 0.29) is 6.10 Å². The van der Waals surface area contributed by atoms with Crippen molar-refractivity contribution in [1.82, 2.24) is 0 Å². The molecule has 3 heteroatoms. The van der Waals surface area contributed by atoms with E-state index in [2.05, 4.69) is 87.3 Å². The van der Waals surface area contributed by atoms with Gasteiger partial charge in [-0.2, -0.15) is 0 Å². The molecule has 0 aliphatic carbocycles. The van der Waals surface area contributed by atoms with Crippen molar-refractivity contribution in [3.05, 3.63) is 53.6 Å². The molecule has 1 N–H and O–H groups in total. The number of para-hydroxylation sites is 1.